The van der Waals surface area contributed by atoms with E-state index in [1.54, 1.807) is 0 Å². The number of unbranched alkanes of at least 4 members (excludes halogenated alkanes) is 1. The predicted octanol–water partition coefficient (Wildman–Crippen LogP) is 4.41. The van der Waals surface area contributed by atoms with Gasteiger partial charge in [0.25, 0.3) is 0 Å². The summed E-state index contributed by atoms with van der Waals surface area (Å²) in [4.78, 5) is 11.3. The van der Waals surface area contributed by atoms with Crippen LogP contribution >= 0.6 is 11.8 Å². The van der Waals surface area contributed by atoms with Crippen LogP contribution in [0.4, 0.5) is 13.2 Å². The Labute approximate surface area is 102 Å². The van der Waals surface area contributed by atoms with Gasteiger partial charge in [0.1, 0.15) is 0 Å². The number of halogens is 3. The van der Waals surface area contributed by atoms with Crippen LogP contribution in [0.5, 0.6) is 0 Å². The first kappa shape index (κ1) is 14.1. The van der Waals surface area contributed by atoms with Gasteiger partial charge < -0.3 is 0 Å². The van der Waals surface area contributed by atoms with Crippen LogP contribution in [-0.2, 0) is 6.18 Å². The summed E-state index contributed by atoms with van der Waals surface area (Å²) in [5, 5.41) is 0. The van der Waals surface area contributed by atoms with E-state index in [0.29, 0.717) is 4.90 Å². The molecule has 0 amide bonds. The summed E-state index contributed by atoms with van der Waals surface area (Å²) in [6.45, 7) is 2.05. The van der Waals surface area contributed by atoms with Gasteiger partial charge in [-0.15, -0.1) is 11.8 Å². The van der Waals surface area contributed by atoms with Gasteiger partial charge in [-0.25, -0.2) is 0 Å². The van der Waals surface area contributed by atoms with Crippen molar-refractivity contribution in [3.63, 3.8) is 0 Å². The Bertz CT molecular complexity index is 388. The van der Waals surface area contributed by atoms with Crippen molar-refractivity contribution >= 4 is 18.0 Å². The zero-order valence-electron chi connectivity index (χ0n) is 9.38. The second-order valence-electron chi connectivity index (χ2n) is 3.57. The minimum Gasteiger partial charge on any atom is -0.298 e. The molecule has 0 fully saturated rings. The Morgan fingerprint density at radius 2 is 2.06 bits per heavy atom. The molecule has 0 aliphatic rings. The lowest BCUT2D eigenvalue weighted by Crippen LogP contribution is -2.08. The van der Waals surface area contributed by atoms with Crippen molar-refractivity contribution in [1.82, 2.24) is 0 Å². The second kappa shape index (κ2) is 6.10. The van der Waals surface area contributed by atoms with Crippen molar-refractivity contribution in [2.75, 3.05) is 5.75 Å². The Kier molecular flexibility index (Phi) is 5.05. The predicted molar refractivity (Wildman–Crippen MR) is 62.5 cm³/mol. The monoisotopic (exact) mass is 262 g/mol. The Morgan fingerprint density at radius 1 is 1.35 bits per heavy atom. The molecule has 0 atom stereocenters. The van der Waals surface area contributed by atoms with Crippen LogP contribution in [0.3, 0.4) is 0 Å². The third-order valence-corrected chi connectivity index (χ3v) is 3.30. The fourth-order valence-electron chi connectivity index (χ4n) is 1.32. The molecule has 0 radical (unpaired) electrons. The molecule has 1 aromatic rings. The smallest absolute Gasteiger partial charge is 0.298 e. The van der Waals surface area contributed by atoms with E-state index < -0.39 is 11.7 Å². The number of hydrogen-bond donors (Lipinski definition) is 0. The van der Waals surface area contributed by atoms with E-state index in [9.17, 15) is 18.0 Å². The minimum absolute atomic E-state index is 0.257. The normalized spacial score (nSPS) is 11.5. The van der Waals surface area contributed by atoms with E-state index in [2.05, 4.69) is 0 Å². The van der Waals surface area contributed by atoms with Crippen molar-refractivity contribution in [2.45, 2.75) is 30.8 Å². The summed E-state index contributed by atoms with van der Waals surface area (Å²) in [6, 6.07) is 3.68. The molecule has 0 saturated heterocycles. The van der Waals surface area contributed by atoms with Gasteiger partial charge in [0.05, 0.1) is 5.56 Å². The summed E-state index contributed by atoms with van der Waals surface area (Å²) in [7, 11) is 0. The quantitative estimate of drug-likeness (QED) is 0.444. The van der Waals surface area contributed by atoms with Gasteiger partial charge in [0.15, 0.2) is 6.29 Å². The standard InChI is InChI=1S/C12H13F3OS/c1-2-3-6-17-10-4-5-11(12(13,14)15)9(7-10)8-16/h4-5,7-8H,2-3,6H2,1H3. The summed E-state index contributed by atoms with van der Waals surface area (Å²) in [5.74, 6) is 0.847. The van der Waals surface area contributed by atoms with E-state index >= 15 is 0 Å². The lowest BCUT2D eigenvalue weighted by molar-refractivity contribution is -0.137. The molecule has 5 heteroatoms. The van der Waals surface area contributed by atoms with Crippen molar-refractivity contribution in [2.24, 2.45) is 0 Å². The molecular weight excluding hydrogens is 249 g/mol. The summed E-state index contributed by atoms with van der Waals surface area (Å²) in [5.41, 5.74) is -1.16. The van der Waals surface area contributed by atoms with Crippen molar-refractivity contribution in [1.29, 1.82) is 0 Å². The molecule has 0 aliphatic heterocycles. The van der Waals surface area contributed by atoms with Gasteiger partial charge in [0.2, 0.25) is 0 Å². The first-order valence-electron chi connectivity index (χ1n) is 5.28. The second-order valence-corrected chi connectivity index (χ2v) is 4.74. The maximum absolute atomic E-state index is 12.5. The molecule has 1 nitrogen and oxygen atoms in total. The number of thioether (sulfide) groups is 1. The number of rotatable bonds is 5. The van der Waals surface area contributed by atoms with Crippen LogP contribution < -0.4 is 0 Å². The molecule has 0 N–H and O–H groups in total. The Balaban J connectivity index is 2.89. The first-order valence-corrected chi connectivity index (χ1v) is 6.26. The average molecular weight is 262 g/mol. The topological polar surface area (TPSA) is 17.1 Å². The van der Waals surface area contributed by atoms with Crippen LogP contribution in [0.1, 0.15) is 35.7 Å². The minimum atomic E-state index is -4.47. The maximum atomic E-state index is 12.5. The van der Waals surface area contributed by atoms with Crippen LogP contribution in [-0.4, -0.2) is 12.0 Å². The number of benzene rings is 1. The Hall–Kier alpha value is -0.970. The van der Waals surface area contributed by atoms with E-state index in [0.717, 1.165) is 24.7 Å². The summed E-state index contributed by atoms with van der Waals surface area (Å²) >= 11 is 1.47. The fourth-order valence-corrected chi connectivity index (χ4v) is 2.36. The largest absolute Gasteiger partial charge is 0.417 e. The molecule has 0 bridgehead atoms. The third-order valence-electron chi connectivity index (χ3n) is 2.22. The van der Waals surface area contributed by atoms with E-state index in [-0.39, 0.29) is 11.8 Å². The van der Waals surface area contributed by atoms with Crippen LogP contribution in [0.2, 0.25) is 0 Å². The lowest BCUT2D eigenvalue weighted by atomic mass is 10.1. The molecule has 0 aliphatic carbocycles. The van der Waals surface area contributed by atoms with E-state index in [4.69, 9.17) is 0 Å². The molecular formula is C12H13F3OS. The highest BCUT2D eigenvalue weighted by atomic mass is 32.2. The van der Waals surface area contributed by atoms with E-state index in [1.165, 1.54) is 23.9 Å². The molecule has 94 valence electrons. The molecule has 1 rings (SSSR count). The molecule has 1 aromatic carbocycles. The Morgan fingerprint density at radius 3 is 2.59 bits per heavy atom. The van der Waals surface area contributed by atoms with Crippen molar-refractivity contribution in [3.8, 4) is 0 Å². The zero-order valence-corrected chi connectivity index (χ0v) is 10.2. The third kappa shape index (κ3) is 4.07. The number of hydrogen-bond acceptors (Lipinski definition) is 2. The number of carbonyl (C=O) groups is 1. The highest BCUT2D eigenvalue weighted by molar-refractivity contribution is 7.99. The number of carbonyl (C=O) groups excluding carboxylic acids is 1. The van der Waals surface area contributed by atoms with Gasteiger partial charge in [-0.2, -0.15) is 13.2 Å². The van der Waals surface area contributed by atoms with Gasteiger partial charge >= 0.3 is 6.18 Å². The van der Waals surface area contributed by atoms with Crippen LogP contribution in [0.15, 0.2) is 23.1 Å². The average Bonchev–Trinajstić information content (AvgIpc) is 2.28. The summed E-state index contributed by atoms with van der Waals surface area (Å²) < 4.78 is 37.5. The van der Waals surface area contributed by atoms with Gasteiger partial charge in [-0.1, -0.05) is 13.3 Å². The molecule has 0 aromatic heterocycles. The molecule has 17 heavy (non-hydrogen) atoms. The molecule has 0 heterocycles. The number of alkyl halides is 3. The summed E-state index contributed by atoms with van der Waals surface area (Å²) in [6.07, 6.45) is -2.17. The molecule has 0 spiro atoms. The molecule has 0 unspecified atom stereocenters. The van der Waals surface area contributed by atoms with Crippen molar-refractivity contribution < 1.29 is 18.0 Å². The van der Waals surface area contributed by atoms with Gasteiger partial charge in [0, 0.05) is 10.5 Å². The van der Waals surface area contributed by atoms with Gasteiger partial charge in [-0.3, -0.25) is 4.79 Å². The number of aldehydes is 1. The van der Waals surface area contributed by atoms with Gasteiger partial charge in [-0.05, 0) is 30.4 Å². The van der Waals surface area contributed by atoms with Crippen LogP contribution in [0, 0.1) is 0 Å². The highest BCUT2D eigenvalue weighted by Crippen LogP contribution is 2.33. The van der Waals surface area contributed by atoms with E-state index in [1.807, 2.05) is 6.92 Å². The fraction of sp³-hybridized carbons (Fsp3) is 0.417. The maximum Gasteiger partial charge on any atom is 0.417 e. The SMILES string of the molecule is CCCCSc1ccc(C(F)(F)F)c(C=O)c1. The lowest BCUT2D eigenvalue weighted by Gasteiger charge is -2.10. The zero-order chi connectivity index (χ0) is 12.9. The highest BCUT2D eigenvalue weighted by Gasteiger charge is 2.33. The van der Waals surface area contributed by atoms with Crippen molar-refractivity contribution in [3.05, 3.63) is 29.3 Å². The van der Waals surface area contributed by atoms with Crippen LogP contribution in [0.25, 0.3) is 0 Å². The first-order chi connectivity index (χ1) is 7.99. The molecule has 0 saturated carbocycles.